The molecule has 4 rings (SSSR count). The molecule has 1 fully saturated rings. The molecule has 0 spiro atoms. The van der Waals surface area contributed by atoms with E-state index in [1.54, 1.807) is 40.1 Å². The molecule has 2 aromatic carbocycles. The lowest BCUT2D eigenvalue weighted by atomic mass is 10.1. The van der Waals surface area contributed by atoms with Crippen LogP contribution in [0.25, 0.3) is 0 Å². The summed E-state index contributed by atoms with van der Waals surface area (Å²) in [7, 11) is 0. The third-order valence-electron chi connectivity index (χ3n) is 5.52. The highest BCUT2D eigenvalue weighted by atomic mass is 19.1. The van der Waals surface area contributed by atoms with Crippen molar-refractivity contribution in [1.82, 2.24) is 14.7 Å². The van der Waals surface area contributed by atoms with Gasteiger partial charge in [-0.2, -0.15) is 0 Å². The Hall–Kier alpha value is -3.55. The number of carbonyl (C=O) groups excluding carboxylic acids is 4. The van der Waals surface area contributed by atoms with Crippen LogP contribution in [0.3, 0.4) is 0 Å². The number of benzene rings is 2. The van der Waals surface area contributed by atoms with Gasteiger partial charge in [0.15, 0.2) is 0 Å². The standard InChI is InChI=1S/C22H20FN3O4/c1-14(26-21(29)17-7-2-3-8-18(17)22(26)30)19(27)24-9-11-25(12-10-24)20(28)15-5-4-6-16(23)13-15/h2-8,13-14H,9-12H2,1H3. The van der Waals surface area contributed by atoms with E-state index in [2.05, 4.69) is 0 Å². The van der Waals surface area contributed by atoms with Crippen LogP contribution in [0.15, 0.2) is 48.5 Å². The molecule has 8 heteroatoms. The van der Waals surface area contributed by atoms with E-state index < -0.39 is 23.7 Å². The maximum Gasteiger partial charge on any atom is 0.262 e. The highest BCUT2D eigenvalue weighted by Crippen LogP contribution is 2.25. The van der Waals surface area contributed by atoms with Gasteiger partial charge >= 0.3 is 0 Å². The molecule has 7 nitrogen and oxygen atoms in total. The number of carbonyl (C=O) groups is 4. The van der Waals surface area contributed by atoms with Crippen molar-refractivity contribution in [3.8, 4) is 0 Å². The van der Waals surface area contributed by atoms with Crippen LogP contribution in [0, 0.1) is 5.82 Å². The third-order valence-corrected chi connectivity index (χ3v) is 5.52. The van der Waals surface area contributed by atoms with E-state index >= 15 is 0 Å². The number of hydrogen-bond donors (Lipinski definition) is 0. The van der Waals surface area contributed by atoms with Crippen molar-refractivity contribution in [2.75, 3.05) is 26.2 Å². The highest BCUT2D eigenvalue weighted by Gasteiger charge is 2.42. The van der Waals surface area contributed by atoms with Gasteiger partial charge in [0.2, 0.25) is 5.91 Å². The van der Waals surface area contributed by atoms with Gasteiger partial charge in [0.05, 0.1) is 11.1 Å². The van der Waals surface area contributed by atoms with Gasteiger partial charge in [-0.15, -0.1) is 0 Å². The smallest absolute Gasteiger partial charge is 0.262 e. The first-order valence-corrected chi connectivity index (χ1v) is 9.69. The lowest BCUT2D eigenvalue weighted by Crippen LogP contribution is -2.56. The first-order chi connectivity index (χ1) is 14.4. The van der Waals surface area contributed by atoms with Crippen molar-refractivity contribution < 1.29 is 23.6 Å². The fourth-order valence-electron chi connectivity index (χ4n) is 3.87. The number of amides is 4. The Balaban J connectivity index is 1.41. The van der Waals surface area contributed by atoms with Gasteiger partial charge in [0.25, 0.3) is 17.7 Å². The van der Waals surface area contributed by atoms with Crippen LogP contribution in [0.5, 0.6) is 0 Å². The fourth-order valence-corrected chi connectivity index (χ4v) is 3.87. The quantitative estimate of drug-likeness (QED) is 0.725. The molecule has 0 radical (unpaired) electrons. The first kappa shape index (κ1) is 19.8. The van der Waals surface area contributed by atoms with Gasteiger partial charge in [0, 0.05) is 31.7 Å². The zero-order valence-electron chi connectivity index (χ0n) is 16.4. The van der Waals surface area contributed by atoms with Gasteiger partial charge < -0.3 is 9.80 Å². The molecule has 30 heavy (non-hydrogen) atoms. The normalized spacial score (nSPS) is 17.2. The average Bonchev–Trinajstić information content (AvgIpc) is 3.03. The number of hydrogen-bond acceptors (Lipinski definition) is 4. The summed E-state index contributed by atoms with van der Waals surface area (Å²) in [5.74, 6) is -2.07. The maximum absolute atomic E-state index is 13.4. The molecule has 2 heterocycles. The number of imide groups is 1. The Kier molecular flexibility index (Phi) is 5.07. The Morgan fingerprint density at radius 1 is 0.867 bits per heavy atom. The van der Waals surface area contributed by atoms with E-state index in [-0.39, 0.29) is 43.6 Å². The number of halogens is 1. The summed E-state index contributed by atoms with van der Waals surface area (Å²) in [4.78, 5) is 54.8. The number of fused-ring (bicyclic) bond motifs is 1. The second kappa shape index (κ2) is 7.70. The monoisotopic (exact) mass is 409 g/mol. The second-order valence-corrected chi connectivity index (χ2v) is 7.33. The molecule has 2 aliphatic heterocycles. The summed E-state index contributed by atoms with van der Waals surface area (Å²) in [6, 6.07) is 11.0. The van der Waals surface area contributed by atoms with Crippen LogP contribution in [-0.4, -0.2) is 70.5 Å². The van der Waals surface area contributed by atoms with Crippen molar-refractivity contribution in [2.45, 2.75) is 13.0 Å². The molecule has 1 unspecified atom stereocenters. The Bertz CT molecular complexity index is 1010. The van der Waals surface area contributed by atoms with Crippen LogP contribution in [0.2, 0.25) is 0 Å². The summed E-state index contributed by atoms with van der Waals surface area (Å²) in [5.41, 5.74) is 0.856. The molecule has 0 N–H and O–H groups in total. The van der Waals surface area contributed by atoms with E-state index in [1.807, 2.05) is 0 Å². The molecule has 154 valence electrons. The van der Waals surface area contributed by atoms with Crippen molar-refractivity contribution in [3.63, 3.8) is 0 Å². The van der Waals surface area contributed by atoms with E-state index in [4.69, 9.17) is 0 Å². The lowest BCUT2D eigenvalue weighted by Gasteiger charge is -2.37. The molecule has 0 saturated carbocycles. The zero-order chi connectivity index (χ0) is 21.4. The molecule has 2 aliphatic rings. The minimum absolute atomic E-state index is 0.258. The lowest BCUT2D eigenvalue weighted by molar-refractivity contribution is -0.136. The van der Waals surface area contributed by atoms with E-state index in [1.165, 1.54) is 25.1 Å². The first-order valence-electron chi connectivity index (χ1n) is 9.69. The highest BCUT2D eigenvalue weighted by molar-refractivity contribution is 6.22. The van der Waals surface area contributed by atoms with Crippen molar-refractivity contribution in [1.29, 1.82) is 0 Å². The number of nitrogens with zero attached hydrogens (tertiary/aromatic N) is 3. The summed E-state index contributed by atoms with van der Waals surface area (Å²) >= 11 is 0. The largest absolute Gasteiger partial charge is 0.337 e. The van der Waals surface area contributed by atoms with Gasteiger partial charge in [-0.25, -0.2) is 4.39 Å². The summed E-state index contributed by atoms with van der Waals surface area (Å²) in [5, 5.41) is 0. The number of rotatable bonds is 3. The molecule has 0 aliphatic carbocycles. The molecule has 1 atom stereocenters. The molecule has 0 aromatic heterocycles. The second-order valence-electron chi connectivity index (χ2n) is 7.33. The van der Waals surface area contributed by atoms with Crippen molar-refractivity contribution in [3.05, 3.63) is 71.0 Å². The minimum Gasteiger partial charge on any atom is -0.337 e. The third kappa shape index (κ3) is 3.34. The fraction of sp³-hybridized carbons (Fsp3) is 0.273. The van der Waals surface area contributed by atoms with Gasteiger partial charge in [-0.05, 0) is 37.3 Å². The van der Waals surface area contributed by atoms with Crippen molar-refractivity contribution >= 4 is 23.6 Å². The summed E-state index contributed by atoms with van der Waals surface area (Å²) < 4.78 is 13.4. The molecule has 0 bridgehead atoms. The Morgan fingerprint density at radius 2 is 1.43 bits per heavy atom. The Morgan fingerprint density at radius 3 is 2.00 bits per heavy atom. The Labute approximate surface area is 172 Å². The number of piperazine rings is 1. The van der Waals surface area contributed by atoms with E-state index in [0.717, 1.165) is 4.90 Å². The predicted molar refractivity (Wildman–Crippen MR) is 105 cm³/mol. The molecular weight excluding hydrogens is 389 g/mol. The molecule has 4 amide bonds. The zero-order valence-corrected chi connectivity index (χ0v) is 16.4. The average molecular weight is 409 g/mol. The van der Waals surface area contributed by atoms with Crippen LogP contribution in [0.1, 0.15) is 38.0 Å². The molecular formula is C22H20FN3O4. The molecule has 2 aromatic rings. The van der Waals surface area contributed by atoms with Gasteiger partial charge in [0.1, 0.15) is 11.9 Å². The van der Waals surface area contributed by atoms with E-state index in [9.17, 15) is 23.6 Å². The van der Waals surface area contributed by atoms with Crippen molar-refractivity contribution in [2.24, 2.45) is 0 Å². The van der Waals surface area contributed by atoms with Gasteiger partial charge in [-0.3, -0.25) is 24.1 Å². The maximum atomic E-state index is 13.4. The topological polar surface area (TPSA) is 78.0 Å². The summed E-state index contributed by atoms with van der Waals surface area (Å²) in [6.07, 6.45) is 0. The SMILES string of the molecule is CC(C(=O)N1CCN(C(=O)c2cccc(F)c2)CC1)N1C(=O)c2ccccc2C1=O. The van der Waals surface area contributed by atoms with Crippen LogP contribution >= 0.6 is 0 Å². The molecule has 1 saturated heterocycles. The van der Waals surface area contributed by atoms with Crippen LogP contribution < -0.4 is 0 Å². The van der Waals surface area contributed by atoms with Crippen LogP contribution in [0.4, 0.5) is 4.39 Å². The predicted octanol–water partition coefficient (Wildman–Crippen LogP) is 1.79. The minimum atomic E-state index is -0.942. The van der Waals surface area contributed by atoms with Crippen LogP contribution in [-0.2, 0) is 4.79 Å². The van der Waals surface area contributed by atoms with Gasteiger partial charge in [-0.1, -0.05) is 18.2 Å². The summed E-state index contributed by atoms with van der Waals surface area (Å²) in [6.45, 7) is 2.65. The van der Waals surface area contributed by atoms with E-state index in [0.29, 0.717) is 11.1 Å².